The van der Waals surface area contributed by atoms with Crippen LogP contribution in [-0.4, -0.2) is 11.8 Å². The molecule has 0 atom stereocenters. The van der Waals surface area contributed by atoms with Crippen molar-refractivity contribution >= 4 is 17.5 Å². The Morgan fingerprint density at radius 3 is 2.28 bits per heavy atom. The fourth-order valence-corrected chi connectivity index (χ4v) is 2.24. The molecule has 0 unspecified atom stereocenters. The van der Waals surface area contributed by atoms with Gasteiger partial charge in [0, 0.05) is 5.41 Å². The van der Waals surface area contributed by atoms with Crippen LogP contribution in [0.3, 0.4) is 0 Å². The standard InChI is InChI=1S/C15H19NO2/c1-14(2,3)12(17)16-11-9-7-6-8-10(11)15(4,5)13(16)18/h6-9H,1-5H3. The maximum absolute atomic E-state index is 12.5. The number of anilines is 1. The normalized spacial score (nSPS) is 17.8. The average molecular weight is 245 g/mol. The van der Waals surface area contributed by atoms with Crippen molar-refractivity contribution in [1.29, 1.82) is 0 Å². The van der Waals surface area contributed by atoms with Crippen molar-refractivity contribution in [3.05, 3.63) is 29.8 Å². The number of amides is 2. The molecule has 96 valence electrons. The third-order valence-electron chi connectivity index (χ3n) is 3.40. The highest BCUT2D eigenvalue weighted by atomic mass is 16.2. The van der Waals surface area contributed by atoms with Gasteiger partial charge in [-0.05, 0) is 25.5 Å². The van der Waals surface area contributed by atoms with Gasteiger partial charge >= 0.3 is 0 Å². The molecule has 1 aliphatic heterocycles. The molecule has 3 nitrogen and oxygen atoms in total. The van der Waals surface area contributed by atoms with Crippen LogP contribution < -0.4 is 4.90 Å². The average Bonchev–Trinajstić information content (AvgIpc) is 2.46. The van der Waals surface area contributed by atoms with Crippen molar-refractivity contribution in [1.82, 2.24) is 0 Å². The second-order valence-electron chi connectivity index (χ2n) is 6.34. The lowest BCUT2D eigenvalue weighted by Gasteiger charge is -2.26. The van der Waals surface area contributed by atoms with Gasteiger partial charge in [-0.25, -0.2) is 4.90 Å². The van der Waals surface area contributed by atoms with Crippen LogP contribution in [0, 0.1) is 5.41 Å². The Bertz CT molecular complexity index is 516. The van der Waals surface area contributed by atoms with Crippen molar-refractivity contribution in [3.63, 3.8) is 0 Å². The Hall–Kier alpha value is -1.64. The van der Waals surface area contributed by atoms with Crippen LogP contribution in [0.4, 0.5) is 5.69 Å². The summed E-state index contributed by atoms with van der Waals surface area (Å²) in [5.74, 6) is -0.283. The molecular formula is C15H19NO2. The molecule has 1 aromatic rings. The van der Waals surface area contributed by atoms with Gasteiger partial charge in [-0.3, -0.25) is 9.59 Å². The molecule has 0 N–H and O–H groups in total. The molecule has 1 heterocycles. The maximum Gasteiger partial charge on any atom is 0.243 e. The molecule has 0 aromatic heterocycles. The lowest BCUT2D eigenvalue weighted by molar-refractivity contribution is -0.132. The van der Waals surface area contributed by atoms with Gasteiger partial charge in [0.25, 0.3) is 0 Å². The van der Waals surface area contributed by atoms with E-state index in [4.69, 9.17) is 0 Å². The Morgan fingerprint density at radius 1 is 1.17 bits per heavy atom. The molecule has 0 saturated heterocycles. The van der Waals surface area contributed by atoms with E-state index in [0.717, 1.165) is 11.3 Å². The first-order chi connectivity index (χ1) is 8.17. The van der Waals surface area contributed by atoms with Crippen molar-refractivity contribution in [2.75, 3.05) is 4.90 Å². The summed E-state index contributed by atoms with van der Waals surface area (Å²) in [5, 5.41) is 0. The molecule has 2 amide bonds. The molecule has 2 rings (SSSR count). The number of nitrogens with zero attached hydrogens (tertiary/aromatic N) is 1. The number of para-hydroxylation sites is 1. The highest BCUT2D eigenvalue weighted by Crippen LogP contribution is 2.42. The van der Waals surface area contributed by atoms with Gasteiger partial charge in [-0.15, -0.1) is 0 Å². The maximum atomic E-state index is 12.5. The quantitative estimate of drug-likeness (QED) is 0.704. The molecule has 1 aliphatic rings. The van der Waals surface area contributed by atoms with Gasteiger partial charge in [-0.1, -0.05) is 39.0 Å². The number of benzene rings is 1. The molecule has 0 aliphatic carbocycles. The molecule has 3 heteroatoms. The first-order valence-corrected chi connectivity index (χ1v) is 6.16. The van der Waals surface area contributed by atoms with Gasteiger partial charge in [-0.2, -0.15) is 0 Å². The second kappa shape index (κ2) is 3.67. The third kappa shape index (κ3) is 1.65. The fourth-order valence-electron chi connectivity index (χ4n) is 2.24. The van der Waals surface area contributed by atoms with E-state index in [1.807, 2.05) is 58.9 Å². The first kappa shape index (κ1) is 12.8. The van der Waals surface area contributed by atoms with E-state index < -0.39 is 10.8 Å². The molecule has 0 spiro atoms. The molecule has 0 saturated carbocycles. The molecule has 0 fully saturated rings. The van der Waals surface area contributed by atoms with E-state index in [0.29, 0.717) is 0 Å². The number of hydrogen-bond donors (Lipinski definition) is 0. The van der Waals surface area contributed by atoms with Crippen LogP contribution >= 0.6 is 0 Å². The Balaban J connectivity index is 2.59. The van der Waals surface area contributed by atoms with E-state index in [1.165, 1.54) is 4.90 Å². The number of imide groups is 1. The summed E-state index contributed by atoms with van der Waals surface area (Å²) < 4.78 is 0. The Labute approximate surface area is 108 Å². The highest BCUT2D eigenvalue weighted by molar-refractivity contribution is 6.23. The monoisotopic (exact) mass is 245 g/mol. The number of hydrogen-bond acceptors (Lipinski definition) is 2. The predicted molar refractivity (Wildman–Crippen MR) is 71.4 cm³/mol. The number of fused-ring (bicyclic) bond motifs is 1. The number of carbonyl (C=O) groups excluding carboxylic acids is 2. The van der Waals surface area contributed by atoms with Gasteiger partial charge in [0.2, 0.25) is 11.8 Å². The van der Waals surface area contributed by atoms with Crippen molar-refractivity contribution in [2.24, 2.45) is 5.41 Å². The molecule has 0 bridgehead atoms. The van der Waals surface area contributed by atoms with Gasteiger partial charge in [0.1, 0.15) is 0 Å². The first-order valence-electron chi connectivity index (χ1n) is 6.16. The molecule has 0 radical (unpaired) electrons. The Kier molecular flexibility index (Phi) is 2.61. The topological polar surface area (TPSA) is 37.4 Å². The SMILES string of the molecule is CC(C)(C)C(=O)N1C(=O)C(C)(C)c2ccccc21. The van der Waals surface area contributed by atoms with Crippen LogP contribution in [0.1, 0.15) is 40.2 Å². The van der Waals surface area contributed by atoms with E-state index in [9.17, 15) is 9.59 Å². The lowest BCUT2D eigenvalue weighted by Crippen LogP contribution is -2.45. The van der Waals surface area contributed by atoms with Gasteiger partial charge in [0.15, 0.2) is 0 Å². The third-order valence-corrected chi connectivity index (χ3v) is 3.40. The summed E-state index contributed by atoms with van der Waals surface area (Å²) in [5.41, 5.74) is 0.459. The van der Waals surface area contributed by atoms with E-state index in [2.05, 4.69) is 0 Å². The van der Waals surface area contributed by atoms with Crippen LogP contribution in [0.2, 0.25) is 0 Å². The fraction of sp³-hybridized carbons (Fsp3) is 0.467. The molecule has 18 heavy (non-hydrogen) atoms. The highest BCUT2D eigenvalue weighted by Gasteiger charge is 2.48. The summed E-state index contributed by atoms with van der Waals surface area (Å²) in [4.78, 5) is 26.3. The van der Waals surface area contributed by atoms with Crippen LogP contribution in [0.5, 0.6) is 0 Å². The minimum absolute atomic E-state index is 0.136. The van der Waals surface area contributed by atoms with Crippen LogP contribution in [0.15, 0.2) is 24.3 Å². The predicted octanol–water partition coefficient (Wildman–Crippen LogP) is 2.88. The summed E-state index contributed by atoms with van der Waals surface area (Å²) >= 11 is 0. The zero-order chi connectivity index (χ0) is 13.7. The van der Waals surface area contributed by atoms with E-state index in [1.54, 1.807) is 0 Å². The summed E-state index contributed by atoms with van der Waals surface area (Å²) in [6.45, 7) is 9.22. The van der Waals surface area contributed by atoms with Gasteiger partial charge in [0.05, 0.1) is 11.1 Å². The van der Waals surface area contributed by atoms with Crippen molar-refractivity contribution in [2.45, 2.75) is 40.0 Å². The second-order valence-corrected chi connectivity index (χ2v) is 6.34. The number of rotatable bonds is 0. The van der Waals surface area contributed by atoms with Crippen molar-refractivity contribution in [3.8, 4) is 0 Å². The molecular weight excluding hydrogens is 226 g/mol. The van der Waals surface area contributed by atoms with E-state index in [-0.39, 0.29) is 11.8 Å². The minimum atomic E-state index is -0.627. The summed E-state index contributed by atoms with van der Waals surface area (Å²) in [6, 6.07) is 7.52. The lowest BCUT2D eigenvalue weighted by atomic mass is 9.86. The smallest absolute Gasteiger partial charge is 0.243 e. The Morgan fingerprint density at radius 2 is 1.72 bits per heavy atom. The van der Waals surface area contributed by atoms with Crippen LogP contribution in [-0.2, 0) is 15.0 Å². The van der Waals surface area contributed by atoms with E-state index >= 15 is 0 Å². The van der Waals surface area contributed by atoms with Gasteiger partial charge < -0.3 is 0 Å². The minimum Gasteiger partial charge on any atom is -0.273 e. The van der Waals surface area contributed by atoms with Crippen LogP contribution in [0.25, 0.3) is 0 Å². The zero-order valence-corrected chi connectivity index (χ0v) is 11.6. The molecule has 1 aromatic carbocycles. The summed E-state index contributed by atoms with van der Waals surface area (Å²) in [6.07, 6.45) is 0. The summed E-state index contributed by atoms with van der Waals surface area (Å²) in [7, 11) is 0. The number of carbonyl (C=O) groups is 2. The largest absolute Gasteiger partial charge is 0.273 e. The van der Waals surface area contributed by atoms with Crippen molar-refractivity contribution < 1.29 is 9.59 Å². The zero-order valence-electron chi connectivity index (χ0n) is 11.6.